The first-order valence-corrected chi connectivity index (χ1v) is 6.54. The highest BCUT2D eigenvalue weighted by atomic mass is 16.5. The summed E-state index contributed by atoms with van der Waals surface area (Å²) in [6.45, 7) is 12.7. The van der Waals surface area contributed by atoms with E-state index in [0.29, 0.717) is 12.1 Å². The van der Waals surface area contributed by atoms with Crippen molar-refractivity contribution >= 4 is 0 Å². The Morgan fingerprint density at radius 1 is 1.44 bits per heavy atom. The van der Waals surface area contributed by atoms with Crippen LogP contribution in [0.15, 0.2) is 0 Å². The molecule has 2 N–H and O–H groups in total. The zero-order valence-corrected chi connectivity index (χ0v) is 11.3. The summed E-state index contributed by atoms with van der Waals surface area (Å²) >= 11 is 0. The molecule has 3 heteroatoms. The van der Waals surface area contributed by atoms with E-state index >= 15 is 0 Å². The molecule has 1 heterocycles. The fourth-order valence-corrected chi connectivity index (χ4v) is 2.67. The molecular weight excluding hydrogens is 200 g/mol. The second-order valence-electron chi connectivity index (χ2n) is 5.83. The molecule has 0 aromatic rings. The van der Waals surface area contributed by atoms with Crippen molar-refractivity contribution in [3.63, 3.8) is 0 Å². The fourth-order valence-electron chi connectivity index (χ4n) is 2.67. The standard InChI is InChI=1S/C13H28N2O/c1-5-16-11-7-6-8-15(10-11)12(9-14)13(2,3)4/h11-12H,5-10,14H2,1-4H3. The third kappa shape index (κ3) is 3.72. The van der Waals surface area contributed by atoms with E-state index in [9.17, 15) is 0 Å². The van der Waals surface area contributed by atoms with E-state index in [1.54, 1.807) is 0 Å². The molecule has 0 saturated carbocycles. The molecule has 1 aliphatic heterocycles. The van der Waals surface area contributed by atoms with Gasteiger partial charge in [-0.05, 0) is 31.7 Å². The molecule has 2 atom stereocenters. The summed E-state index contributed by atoms with van der Waals surface area (Å²) in [5.41, 5.74) is 6.18. The van der Waals surface area contributed by atoms with Crippen LogP contribution in [0.1, 0.15) is 40.5 Å². The van der Waals surface area contributed by atoms with Crippen LogP contribution in [0.2, 0.25) is 0 Å². The molecule has 16 heavy (non-hydrogen) atoms. The number of rotatable bonds is 4. The van der Waals surface area contributed by atoms with Crippen LogP contribution >= 0.6 is 0 Å². The van der Waals surface area contributed by atoms with E-state index in [1.165, 1.54) is 19.4 Å². The van der Waals surface area contributed by atoms with E-state index in [1.807, 2.05) is 0 Å². The molecule has 0 bridgehead atoms. The Labute approximate surface area is 100 Å². The quantitative estimate of drug-likeness (QED) is 0.798. The fraction of sp³-hybridized carbons (Fsp3) is 1.00. The van der Waals surface area contributed by atoms with Crippen LogP contribution in [0.3, 0.4) is 0 Å². The SMILES string of the molecule is CCOC1CCCN(C(CN)C(C)(C)C)C1. The maximum atomic E-state index is 5.93. The minimum Gasteiger partial charge on any atom is -0.377 e. The van der Waals surface area contributed by atoms with E-state index < -0.39 is 0 Å². The van der Waals surface area contributed by atoms with Gasteiger partial charge in [-0.1, -0.05) is 20.8 Å². The minimum atomic E-state index is 0.253. The van der Waals surface area contributed by atoms with Crippen LogP contribution in [0.4, 0.5) is 0 Å². The minimum absolute atomic E-state index is 0.253. The molecule has 1 aliphatic rings. The van der Waals surface area contributed by atoms with Gasteiger partial charge in [0.1, 0.15) is 0 Å². The van der Waals surface area contributed by atoms with Crippen molar-refractivity contribution < 1.29 is 4.74 Å². The topological polar surface area (TPSA) is 38.5 Å². The molecule has 3 nitrogen and oxygen atoms in total. The first-order valence-electron chi connectivity index (χ1n) is 6.54. The molecule has 1 rings (SSSR count). The monoisotopic (exact) mass is 228 g/mol. The van der Waals surface area contributed by atoms with Gasteiger partial charge in [-0.25, -0.2) is 0 Å². The van der Waals surface area contributed by atoms with E-state index in [0.717, 1.165) is 19.7 Å². The molecule has 1 fully saturated rings. The smallest absolute Gasteiger partial charge is 0.0702 e. The molecule has 0 aromatic carbocycles. The maximum absolute atomic E-state index is 5.93. The van der Waals surface area contributed by atoms with Crippen LogP contribution in [0.25, 0.3) is 0 Å². The van der Waals surface area contributed by atoms with Gasteiger partial charge >= 0.3 is 0 Å². The number of piperidine rings is 1. The van der Waals surface area contributed by atoms with Gasteiger partial charge in [0.15, 0.2) is 0 Å². The van der Waals surface area contributed by atoms with Gasteiger partial charge in [0.05, 0.1) is 6.10 Å². The van der Waals surface area contributed by atoms with Gasteiger partial charge in [0.25, 0.3) is 0 Å². The Morgan fingerprint density at radius 2 is 2.12 bits per heavy atom. The second kappa shape index (κ2) is 5.99. The van der Waals surface area contributed by atoms with Crippen LogP contribution in [-0.2, 0) is 4.74 Å². The van der Waals surface area contributed by atoms with Crippen LogP contribution in [0.5, 0.6) is 0 Å². The van der Waals surface area contributed by atoms with Gasteiger partial charge in [-0.3, -0.25) is 4.90 Å². The summed E-state index contributed by atoms with van der Waals surface area (Å²) in [6.07, 6.45) is 2.85. The Bertz CT molecular complexity index is 199. The second-order valence-corrected chi connectivity index (χ2v) is 5.83. The lowest BCUT2D eigenvalue weighted by atomic mass is 9.84. The zero-order valence-electron chi connectivity index (χ0n) is 11.3. The molecule has 96 valence electrons. The van der Waals surface area contributed by atoms with Crippen molar-refractivity contribution in [2.75, 3.05) is 26.2 Å². The number of nitrogens with zero attached hydrogens (tertiary/aromatic N) is 1. The van der Waals surface area contributed by atoms with Crippen molar-refractivity contribution in [3.05, 3.63) is 0 Å². The molecule has 2 unspecified atom stereocenters. The van der Waals surface area contributed by atoms with Crippen molar-refractivity contribution in [1.29, 1.82) is 0 Å². The summed E-state index contributed by atoms with van der Waals surface area (Å²) < 4.78 is 5.74. The summed E-state index contributed by atoms with van der Waals surface area (Å²) in [5.74, 6) is 0. The van der Waals surface area contributed by atoms with Gasteiger partial charge in [0.2, 0.25) is 0 Å². The third-order valence-electron chi connectivity index (χ3n) is 3.48. The lowest BCUT2D eigenvalue weighted by Crippen LogP contribution is -2.53. The zero-order chi connectivity index (χ0) is 12.2. The van der Waals surface area contributed by atoms with Crippen molar-refractivity contribution in [2.45, 2.75) is 52.7 Å². The van der Waals surface area contributed by atoms with Crippen LogP contribution in [-0.4, -0.2) is 43.3 Å². The summed E-state index contributed by atoms with van der Waals surface area (Å²) in [6, 6.07) is 0.468. The molecule has 0 amide bonds. The van der Waals surface area contributed by atoms with Crippen LogP contribution < -0.4 is 5.73 Å². The van der Waals surface area contributed by atoms with Crippen molar-refractivity contribution in [3.8, 4) is 0 Å². The Morgan fingerprint density at radius 3 is 2.62 bits per heavy atom. The maximum Gasteiger partial charge on any atom is 0.0702 e. The predicted octanol–water partition coefficient (Wildman–Crippen LogP) is 1.86. The molecule has 0 aliphatic carbocycles. The lowest BCUT2D eigenvalue weighted by molar-refractivity contribution is -0.0231. The molecular formula is C13H28N2O. The highest BCUT2D eigenvalue weighted by molar-refractivity contribution is 4.87. The lowest BCUT2D eigenvalue weighted by Gasteiger charge is -2.43. The van der Waals surface area contributed by atoms with Gasteiger partial charge in [-0.2, -0.15) is 0 Å². The highest BCUT2D eigenvalue weighted by Crippen LogP contribution is 2.26. The van der Waals surface area contributed by atoms with E-state index in [4.69, 9.17) is 10.5 Å². The van der Waals surface area contributed by atoms with Gasteiger partial charge < -0.3 is 10.5 Å². The van der Waals surface area contributed by atoms with Gasteiger partial charge in [-0.15, -0.1) is 0 Å². The van der Waals surface area contributed by atoms with E-state index in [2.05, 4.69) is 32.6 Å². The molecule has 1 saturated heterocycles. The average molecular weight is 228 g/mol. The summed E-state index contributed by atoms with van der Waals surface area (Å²) in [7, 11) is 0. The largest absolute Gasteiger partial charge is 0.377 e. The van der Waals surface area contributed by atoms with E-state index in [-0.39, 0.29) is 5.41 Å². The number of nitrogens with two attached hydrogens (primary N) is 1. The number of likely N-dealkylation sites (tertiary alicyclic amines) is 1. The first kappa shape index (κ1) is 13.9. The average Bonchev–Trinajstić information content (AvgIpc) is 2.17. The van der Waals surface area contributed by atoms with Crippen molar-refractivity contribution in [1.82, 2.24) is 4.90 Å². The predicted molar refractivity (Wildman–Crippen MR) is 68.5 cm³/mol. The Kier molecular flexibility index (Phi) is 5.22. The molecule has 0 aromatic heterocycles. The highest BCUT2D eigenvalue weighted by Gasteiger charge is 2.32. The van der Waals surface area contributed by atoms with Crippen LogP contribution in [0, 0.1) is 5.41 Å². The Hall–Kier alpha value is -0.120. The number of hydrogen-bond acceptors (Lipinski definition) is 3. The Balaban J connectivity index is 2.57. The first-order chi connectivity index (χ1) is 7.49. The number of hydrogen-bond donors (Lipinski definition) is 1. The summed E-state index contributed by atoms with van der Waals surface area (Å²) in [4.78, 5) is 2.52. The summed E-state index contributed by atoms with van der Waals surface area (Å²) in [5, 5.41) is 0. The normalized spacial score (nSPS) is 25.7. The molecule has 0 radical (unpaired) electrons. The molecule has 0 spiro atoms. The van der Waals surface area contributed by atoms with Crippen molar-refractivity contribution in [2.24, 2.45) is 11.1 Å². The van der Waals surface area contributed by atoms with Gasteiger partial charge in [0, 0.05) is 25.7 Å². The number of ether oxygens (including phenoxy) is 1. The third-order valence-corrected chi connectivity index (χ3v) is 3.48.